The van der Waals surface area contributed by atoms with Gasteiger partial charge >= 0.3 is 6.09 Å². The quantitative estimate of drug-likeness (QED) is 0.173. The van der Waals surface area contributed by atoms with Crippen LogP contribution in [0.5, 0.6) is 0 Å². The fourth-order valence-corrected chi connectivity index (χ4v) is 5.90. The first-order chi connectivity index (χ1) is 20.6. The van der Waals surface area contributed by atoms with Gasteiger partial charge in [0.2, 0.25) is 0 Å². The van der Waals surface area contributed by atoms with Gasteiger partial charge in [-0.25, -0.2) is 13.9 Å². The number of ether oxygens (including phenoxy) is 1. The monoisotopic (exact) mass is 712 g/mol. The van der Waals surface area contributed by atoms with Crippen LogP contribution < -0.4 is 34.3 Å². The molecule has 0 atom stereocenters. The van der Waals surface area contributed by atoms with Crippen LogP contribution in [0.15, 0.2) is 53.7 Å². The smallest absolute Gasteiger partial charge is 0.410 e. The van der Waals surface area contributed by atoms with Crippen LogP contribution in [-0.2, 0) is 24.4 Å². The number of rotatable bonds is 7. The Hall–Kier alpha value is -3.74. The number of imide groups is 1. The number of nitrogens with two attached hydrogens (primary N) is 1. The molecule has 3 aromatic rings. The third-order valence-corrected chi connectivity index (χ3v) is 8.04. The fraction of sp³-hybridized carbons (Fsp3) is 0.424. The van der Waals surface area contributed by atoms with Gasteiger partial charge in [0.1, 0.15) is 12.1 Å². The molecule has 0 aliphatic carbocycles. The van der Waals surface area contributed by atoms with Crippen molar-refractivity contribution in [3.8, 4) is 0 Å². The number of nitrogens with zero attached hydrogens (tertiary/aromatic N) is 5. The molecular formula is C33H41IN6O4. The van der Waals surface area contributed by atoms with Crippen molar-refractivity contribution >= 4 is 40.7 Å². The van der Waals surface area contributed by atoms with E-state index >= 15 is 0 Å². The van der Waals surface area contributed by atoms with Crippen molar-refractivity contribution in [3.63, 3.8) is 0 Å². The van der Waals surface area contributed by atoms with Crippen LogP contribution >= 0.6 is 0 Å². The van der Waals surface area contributed by atoms with E-state index in [0.29, 0.717) is 37.3 Å². The second-order valence-corrected chi connectivity index (χ2v) is 11.9. The molecule has 5 rings (SSSR count). The van der Waals surface area contributed by atoms with Crippen LogP contribution in [0, 0.1) is 0 Å². The van der Waals surface area contributed by atoms with Crippen LogP contribution in [-0.4, -0.2) is 63.2 Å². The van der Waals surface area contributed by atoms with Gasteiger partial charge in [-0.3, -0.25) is 19.5 Å². The van der Waals surface area contributed by atoms with Crippen molar-refractivity contribution in [2.45, 2.75) is 78.7 Å². The van der Waals surface area contributed by atoms with Crippen molar-refractivity contribution in [1.29, 1.82) is 0 Å². The van der Waals surface area contributed by atoms with Crippen LogP contribution in [0.25, 0.3) is 16.6 Å². The largest absolute Gasteiger partial charge is 1.00 e. The number of aliphatic imine (C=N–C) groups is 1. The minimum atomic E-state index is -0.516. The Kier molecular flexibility index (Phi) is 10.2. The second kappa shape index (κ2) is 13.5. The highest BCUT2D eigenvalue weighted by Gasteiger charge is 2.38. The average molecular weight is 713 g/mol. The Morgan fingerprint density at radius 3 is 2.25 bits per heavy atom. The number of aromatic nitrogens is 2. The molecule has 0 bridgehead atoms. The first-order valence-electron chi connectivity index (χ1n) is 15.0. The van der Waals surface area contributed by atoms with Crippen LogP contribution in [0.3, 0.4) is 0 Å². The standard InChI is InChI=1S/C33H41N6O4.HI/c1-6-37-27-13-12-22(23(19-34)20-35-24-14-16-36(17-15-24)32(42)43-33(3,4)5)18-28(27)38(7-2)29(37)21-39-30(40)25-10-8-9-11-26(25)31(39)41;/h8-13,18-20,24H,6-7,14-17,21,34H2,1-5H3;1H/q+1;/p-1. The maximum atomic E-state index is 13.1. The molecular weight excluding hydrogens is 671 g/mol. The fourth-order valence-electron chi connectivity index (χ4n) is 5.90. The summed E-state index contributed by atoms with van der Waals surface area (Å²) in [4.78, 5) is 46.6. The Labute approximate surface area is 275 Å². The number of carbonyl (C=O) groups is 3. The first-order valence-corrected chi connectivity index (χ1v) is 15.0. The summed E-state index contributed by atoms with van der Waals surface area (Å²) in [6, 6.07) is 13.2. The van der Waals surface area contributed by atoms with E-state index in [-0.39, 0.29) is 54.5 Å². The Morgan fingerprint density at radius 1 is 1.07 bits per heavy atom. The Balaban J connectivity index is 0.00000442. The molecule has 2 aliphatic rings. The Bertz CT molecular complexity index is 1590. The number of aryl methyl sites for hydroxylation is 2. The van der Waals surface area contributed by atoms with E-state index in [2.05, 4.69) is 35.1 Å². The molecule has 234 valence electrons. The highest BCUT2D eigenvalue weighted by molar-refractivity contribution is 6.21. The molecule has 0 unspecified atom stereocenters. The number of piperidine rings is 1. The van der Waals surface area contributed by atoms with Crippen molar-refractivity contribution in [3.05, 3.63) is 71.2 Å². The maximum absolute atomic E-state index is 13.1. The predicted molar refractivity (Wildman–Crippen MR) is 166 cm³/mol. The SMILES string of the molecule is CCn1c(CN2C(=O)c3ccccc3C2=O)[n+](CC)c2ccc(C(C=NC3CCN(C(=O)OC(C)(C)C)CC3)=CN)cc21.[I-]. The van der Waals surface area contributed by atoms with Gasteiger partial charge in [-0.1, -0.05) is 12.1 Å². The normalized spacial score (nSPS) is 16.2. The number of amides is 3. The summed E-state index contributed by atoms with van der Waals surface area (Å²) >= 11 is 0. The van der Waals surface area contributed by atoms with E-state index in [9.17, 15) is 14.4 Å². The molecule has 11 heteroatoms. The number of halogens is 1. The molecule has 2 aromatic carbocycles. The minimum absolute atomic E-state index is 0. The number of allylic oxidation sites excluding steroid dienone is 1. The van der Waals surface area contributed by atoms with Gasteiger partial charge in [0.15, 0.2) is 11.0 Å². The van der Waals surface area contributed by atoms with E-state index in [1.165, 1.54) is 4.90 Å². The molecule has 3 amide bonds. The number of hydrogen-bond donors (Lipinski definition) is 1. The zero-order chi connectivity index (χ0) is 30.9. The summed E-state index contributed by atoms with van der Waals surface area (Å²) < 4.78 is 9.82. The lowest BCUT2D eigenvalue weighted by molar-refractivity contribution is -0.677. The number of carbonyl (C=O) groups excluding carboxylic acids is 3. The summed E-state index contributed by atoms with van der Waals surface area (Å²) in [5.74, 6) is 0.354. The van der Waals surface area contributed by atoms with Crippen molar-refractivity contribution in [1.82, 2.24) is 14.4 Å². The predicted octanol–water partition coefficient (Wildman–Crippen LogP) is 1.54. The molecule has 1 saturated heterocycles. The number of fused-ring (bicyclic) bond motifs is 2. The lowest BCUT2D eigenvalue weighted by atomic mass is 10.0. The van der Waals surface area contributed by atoms with E-state index in [4.69, 9.17) is 15.5 Å². The maximum Gasteiger partial charge on any atom is 0.410 e. The molecule has 0 spiro atoms. The van der Waals surface area contributed by atoms with Gasteiger partial charge in [-0.15, -0.1) is 0 Å². The minimum Gasteiger partial charge on any atom is -1.00 e. The highest BCUT2D eigenvalue weighted by Crippen LogP contribution is 2.27. The van der Waals surface area contributed by atoms with Gasteiger partial charge in [-0.2, -0.15) is 0 Å². The summed E-state index contributed by atoms with van der Waals surface area (Å²) in [7, 11) is 0. The average Bonchev–Trinajstić information content (AvgIpc) is 3.42. The van der Waals surface area contributed by atoms with Crippen molar-refractivity contribution in [2.24, 2.45) is 10.7 Å². The zero-order valence-electron chi connectivity index (χ0n) is 26.0. The summed E-state index contributed by atoms with van der Waals surface area (Å²) in [5, 5.41) is 0. The molecule has 2 aliphatic heterocycles. The second-order valence-electron chi connectivity index (χ2n) is 11.9. The molecule has 1 aromatic heterocycles. The topological polar surface area (TPSA) is 114 Å². The van der Waals surface area contributed by atoms with Crippen molar-refractivity contribution < 1.29 is 47.7 Å². The van der Waals surface area contributed by atoms with Gasteiger partial charge in [0.05, 0.1) is 30.3 Å². The third-order valence-electron chi connectivity index (χ3n) is 8.04. The van der Waals surface area contributed by atoms with Crippen LogP contribution in [0.2, 0.25) is 0 Å². The summed E-state index contributed by atoms with van der Waals surface area (Å²) in [5.41, 5.74) is 10.2. The van der Waals surface area contributed by atoms with Crippen molar-refractivity contribution in [2.75, 3.05) is 13.1 Å². The first kappa shape index (κ1) is 33.2. The van der Waals surface area contributed by atoms with E-state index in [1.54, 1.807) is 35.4 Å². The molecule has 2 N–H and O–H groups in total. The Morgan fingerprint density at radius 2 is 1.70 bits per heavy atom. The molecule has 0 saturated carbocycles. The van der Waals surface area contributed by atoms with Crippen LogP contribution in [0.4, 0.5) is 4.79 Å². The third kappa shape index (κ3) is 6.52. The van der Waals surface area contributed by atoms with E-state index < -0.39 is 5.60 Å². The molecule has 0 radical (unpaired) electrons. The lowest BCUT2D eigenvalue weighted by Gasteiger charge is -2.32. The van der Waals surface area contributed by atoms with E-state index in [0.717, 1.165) is 40.8 Å². The molecule has 1 fully saturated rings. The number of hydrogen-bond acceptors (Lipinski definition) is 6. The van der Waals surface area contributed by atoms with Gasteiger partial charge < -0.3 is 39.3 Å². The van der Waals surface area contributed by atoms with Gasteiger partial charge in [0.25, 0.3) is 17.6 Å². The van der Waals surface area contributed by atoms with Gasteiger partial charge in [0, 0.05) is 31.1 Å². The molecule has 3 heterocycles. The zero-order valence-corrected chi connectivity index (χ0v) is 28.2. The summed E-state index contributed by atoms with van der Waals surface area (Å²) in [6.07, 6.45) is 4.61. The number of likely N-dealkylation sites (tertiary alicyclic amines) is 1. The van der Waals surface area contributed by atoms with Crippen LogP contribution in [0.1, 0.15) is 79.6 Å². The van der Waals surface area contributed by atoms with E-state index in [1.807, 2.05) is 33.1 Å². The molecule has 44 heavy (non-hydrogen) atoms. The highest BCUT2D eigenvalue weighted by atomic mass is 127. The summed E-state index contributed by atoms with van der Waals surface area (Å²) in [6.45, 7) is 12.5. The lowest BCUT2D eigenvalue weighted by Crippen LogP contribution is -3.00. The number of imidazole rings is 1. The van der Waals surface area contributed by atoms with Gasteiger partial charge in [-0.05, 0) is 83.4 Å². The number of benzene rings is 2. The molecule has 10 nitrogen and oxygen atoms in total.